The first-order valence-electron chi connectivity index (χ1n) is 8.64. The number of aromatic nitrogens is 4. The van der Waals surface area contributed by atoms with Crippen LogP contribution < -0.4 is 5.32 Å². The average Bonchev–Trinajstić information content (AvgIpc) is 3.33. The van der Waals surface area contributed by atoms with Crippen LogP contribution in [0, 0.1) is 0 Å². The van der Waals surface area contributed by atoms with Crippen LogP contribution in [0.25, 0.3) is 11.0 Å². The summed E-state index contributed by atoms with van der Waals surface area (Å²) in [5.74, 6) is -0.826. The van der Waals surface area contributed by atoms with Gasteiger partial charge in [0.1, 0.15) is 6.54 Å². The highest BCUT2D eigenvalue weighted by atomic mass is 16.4. The van der Waals surface area contributed by atoms with Gasteiger partial charge < -0.3 is 9.67 Å². The van der Waals surface area contributed by atoms with E-state index >= 15 is 0 Å². The Labute approximate surface area is 149 Å². The van der Waals surface area contributed by atoms with Crippen LogP contribution in [0.4, 0.5) is 5.95 Å². The zero-order valence-electron chi connectivity index (χ0n) is 14.1. The molecule has 1 saturated carbocycles. The Morgan fingerprint density at radius 2 is 2.00 bits per heavy atom. The number of hydrogen-bond acceptors (Lipinski definition) is 4. The smallest absolute Gasteiger partial charge is 0.338 e. The van der Waals surface area contributed by atoms with Gasteiger partial charge in [-0.15, -0.1) is 0 Å². The fraction of sp³-hybridized carbons (Fsp3) is 0.333. The second-order valence-electron chi connectivity index (χ2n) is 6.51. The van der Waals surface area contributed by atoms with E-state index in [2.05, 4.69) is 20.0 Å². The first kappa shape index (κ1) is 16.3. The Morgan fingerprint density at radius 3 is 2.73 bits per heavy atom. The van der Waals surface area contributed by atoms with Crippen LogP contribution in [0.3, 0.4) is 0 Å². The number of anilines is 1. The summed E-state index contributed by atoms with van der Waals surface area (Å²) in [6.07, 6.45) is 7.06. The maximum atomic E-state index is 12.4. The topological polar surface area (TPSA) is 102 Å². The van der Waals surface area contributed by atoms with Crippen LogP contribution >= 0.6 is 0 Å². The molecular formula is C18H19N5O3. The van der Waals surface area contributed by atoms with Crippen molar-refractivity contribution in [2.45, 2.75) is 38.3 Å². The monoisotopic (exact) mass is 353 g/mol. The molecule has 0 bridgehead atoms. The van der Waals surface area contributed by atoms with Gasteiger partial charge in [0.15, 0.2) is 0 Å². The molecule has 2 aromatic heterocycles. The number of fused-ring (bicyclic) bond motifs is 1. The van der Waals surface area contributed by atoms with Crippen molar-refractivity contribution in [2.24, 2.45) is 0 Å². The van der Waals surface area contributed by atoms with E-state index < -0.39 is 5.97 Å². The third kappa shape index (κ3) is 3.05. The number of amides is 1. The van der Waals surface area contributed by atoms with Gasteiger partial charge in [-0.05, 0) is 25.0 Å². The molecule has 1 aliphatic rings. The molecule has 0 spiro atoms. The van der Waals surface area contributed by atoms with Gasteiger partial charge in [-0.2, -0.15) is 5.10 Å². The number of imidazole rings is 1. The lowest BCUT2D eigenvalue weighted by atomic mass is 10.2. The Hall–Kier alpha value is -3.16. The Morgan fingerprint density at radius 1 is 1.23 bits per heavy atom. The zero-order valence-corrected chi connectivity index (χ0v) is 14.1. The van der Waals surface area contributed by atoms with Crippen molar-refractivity contribution < 1.29 is 14.7 Å². The van der Waals surface area contributed by atoms with Crippen molar-refractivity contribution in [3.8, 4) is 0 Å². The van der Waals surface area contributed by atoms with Crippen LogP contribution in [0.15, 0.2) is 36.7 Å². The van der Waals surface area contributed by atoms with E-state index in [4.69, 9.17) is 5.11 Å². The molecule has 2 N–H and O–H groups in total. The minimum atomic E-state index is -1.07. The van der Waals surface area contributed by atoms with E-state index in [1.54, 1.807) is 0 Å². The van der Waals surface area contributed by atoms with Gasteiger partial charge in [0.25, 0.3) is 0 Å². The number of aromatic carboxylic acids is 1. The van der Waals surface area contributed by atoms with Crippen LogP contribution in [0.5, 0.6) is 0 Å². The molecule has 0 aliphatic heterocycles. The first-order chi connectivity index (χ1) is 12.6. The molecule has 0 atom stereocenters. The summed E-state index contributed by atoms with van der Waals surface area (Å²) >= 11 is 0. The van der Waals surface area contributed by atoms with Crippen molar-refractivity contribution in [1.29, 1.82) is 0 Å². The molecule has 26 heavy (non-hydrogen) atoms. The number of carboxylic acids is 1. The van der Waals surface area contributed by atoms with Gasteiger partial charge in [-0.3, -0.25) is 14.8 Å². The third-order valence-electron chi connectivity index (χ3n) is 4.72. The minimum Gasteiger partial charge on any atom is -0.478 e. The molecule has 8 nitrogen and oxygen atoms in total. The summed E-state index contributed by atoms with van der Waals surface area (Å²) in [6.45, 7) is -0.0683. The van der Waals surface area contributed by atoms with E-state index in [0.717, 1.165) is 23.9 Å². The number of benzene rings is 1. The lowest BCUT2D eigenvalue weighted by Gasteiger charge is -2.16. The van der Waals surface area contributed by atoms with Crippen molar-refractivity contribution >= 4 is 28.9 Å². The molecule has 0 radical (unpaired) electrons. The number of carbonyl (C=O) groups excluding carboxylic acids is 1. The van der Waals surface area contributed by atoms with Gasteiger partial charge in [0.05, 0.1) is 22.8 Å². The highest BCUT2D eigenvalue weighted by Gasteiger charge is 2.23. The number of rotatable bonds is 5. The molecular weight excluding hydrogens is 334 g/mol. The van der Waals surface area contributed by atoms with Gasteiger partial charge in [0, 0.05) is 12.2 Å². The van der Waals surface area contributed by atoms with E-state index in [1.807, 2.05) is 24.3 Å². The Bertz CT molecular complexity index is 968. The number of para-hydroxylation sites is 2. The average molecular weight is 353 g/mol. The molecule has 0 saturated heterocycles. The van der Waals surface area contributed by atoms with Crippen LogP contribution in [-0.2, 0) is 11.3 Å². The summed E-state index contributed by atoms with van der Waals surface area (Å²) < 4.78 is 3.42. The largest absolute Gasteiger partial charge is 0.478 e. The lowest BCUT2D eigenvalue weighted by molar-refractivity contribution is -0.117. The quantitative estimate of drug-likeness (QED) is 0.734. The summed E-state index contributed by atoms with van der Waals surface area (Å²) in [5.41, 5.74) is 1.92. The van der Waals surface area contributed by atoms with Crippen LogP contribution in [0.1, 0.15) is 42.1 Å². The predicted octanol–water partition coefficient (Wildman–Crippen LogP) is 2.68. The molecule has 2 heterocycles. The van der Waals surface area contributed by atoms with Gasteiger partial charge >= 0.3 is 5.97 Å². The van der Waals surface area contributed by atoms with Gasteiger partial charge in [-0.25, -0.2) is 9.78 Å². The molecule has 1 amide bonds. The summed E-state index contributed by atoms with van der Waals surface area (Å²) in [6, 6.07) is 8.18. The number of nitrogens with one attached hydrogen (secondary N) is 1. The summed E-state index contributed by atoms with van der Waals surface area (Å²) in [7, 11) is 0. The van der Waals surface area contributed by atoms with Crippen molar-refractivity contribution in [1.82, 2.24) is 19.3 Å². The number of carboxylic acid groups (broad SMARTS) is 1. The number of hydrogen-bond donors (Lipinski definition) is 2. The highest BCUT2D eigenvalue weighted by Crippen LogP contribution is 2.35. The van der Waals surface area contributed by atoms with Crippen molar-refractivity contribution in [2.75, 3.05) is 5.32 Å². The minimum absolute atomic E-state index is 0.0518. The molecule has 134 valence electrons. The fourth-order valence-electron chi connectivity index (χ4n) is 3.54. The molecule has 0 unspecified atom stereocenters. The third-order valence-corrected chi connectivity index (χ3v) is 4.72. The van der Waals surface area contributed by atoms with E-state index in [9.17, 15) is 9.59 Å². The van der Waals surface area contributed by atoms with Crippen LogP contribution in [0.2, 0.25) is 0 Å². The molecule has 1 aliphatic carbocycles. The van der Waals surface area contributed by atoms with E-state index in [0.29, 0.717) is 12.0 Å². The second kappa shape index (κ2) is 6.62. The Balaban J connectivity index is 1.58. The van der Waals surface area contributed by atoms with Crippen molar-refractivity contribution in [3.63, 3.8) is 0 Å². The summed E-state index contributed by atoms with van der Waals surface area (Å²) in [4.78, 5) is 27.9. The molecule has 1 aromatic carbocycles. The lowest BCUT2D eigenvalue weighted by Crippen LogP contribution is -2.22. The normalized spacial score (nSPS) is 14.8. The molecule has 1 fully saturated rings. The van der Waals surface area contributed by atoms with Crippen molar-refractivity contribution in [3.05, 3.63) is 42.2 Å². The van der Waals surface area contributed by atoms with E-state index in [1.165, 1.54) is 29.9 Å². The van der Waals surface area contributed by atoms with Crippen LogP contribution in [-0.4, -0.2) is 36.3 Å². The molecule has 4 rings (SSSR count). The maximum Gasteiger partial charge on any atom is 0.338 e. The fourth-order valence-corrected chi connectivity index (χ4v) is 3.54. The maximum absolute atomic E-state index is 12.4. The number of nitrogens with zero attached hydrogens (tertiary/aromatic N) is 4. The first-order valence-corrected chi connectivity index (χ1v) is 8.64. The van der Waals surface area contributed by atoms with Gasteiger partial charge in [-0.1, -0.05) is 25.0 Å². The van der Waals surface area contributed by atoms with E-state index in [-0.39, 0.29) is 18.0 Å². The zero-order chi connectivity index (χ0) is 18.1. The standard InChI is InChI=1S/C18H19N5O3/c24-16(11-22-10-12(9-19-22)17(25)26)21-18-20-14-7-3-4-8-15(14)23(18)13-5-1-2-6-13/h3-4,7-10,13H,1-2,5-6,11H2,(H,25,26)(H,20,21,24). The SMILES string of the molecule is O=C(Cn1cc(C(=O)O)cn1)Nc1nc2ccccc2n1C1CCCC1. The molecule has 8 heteroatoms. The van der Waals surface area contributed by atoms with Gasteiger partial charge in [0.2, 0.25) is 11.9 Å². The molecule has 3 aromatic rings. The summed E-state index contributed by atoms with van der Waals surface area (Å²) in [5, 5.41) is 15.7. The predicted molar refractivity (Wildman–Crippen MR) is 95.1 cm³/mol. The number of carbonyl (C=O) groups is 2. The second-order valence-corrected chi connectivity index (χ2v) is 6.51. The highest BCUT2D eigenvalue weighted by molar-refractivity contribution is 5.92. The Kier molecular flexibility index (Phi) is 4.16.